The molecule has 4 N–H and O–H groups in total. The average molecular weight is 395 g/mol. The number of carbonyl (C=O) groups is 2. The van der Waals surface area contributed by atoms with Gasteiger partial charge in [0.15, 0.2) is 5.69 Å². The van der Waals surface area contributed by atoms with Crippen LogP contribution in [0, 0.1) is 19.8 Å². The Kier molecular flexibility index (Phi) is 5.28. The normalized spacial score (nSPS) is 19.2. The number of hydrogen-bond donors (Lipinski definition) is 4. The number of aromatic amines is 2. The molecular formula is C20H25N7O2. The van der Waals surface area contributed by atoms with E-state index in [0.29, 0.717) is 17.9 Å². The molecular weight excluding hydrogens is 370 g/mol. The molecule has 2 amide bonds. The van der Waals surface area contributed by atoms with Crippen molar-refractivity contribution in [3.05, 3.63) is 41.0 Å². The zero-order valence-corrected chi connectivity index (χ0v) is 16.6. The van der Waals surface area contributed by atoms with Crippen LogP contribution in [-0.4, -0.2) is 43.2 Å². The van der Waals surface area contributed by atoms with Crippen LogP contribution in [0.25, 0.3) is 11.0 Å². The molecule has 0 aliphatic heterocycles. The van der Waals surface area contributed by atoms with Gasteiger partial charge in [0.05, 0.1) is 16.7 Å². The van der Waals surface area contributed by atoms with Crippen LogP contribution in [0.15, 0.2) is 18.2 Å². The second-order valence-electron chi connectivity index (χ2n) is 7.67. The first-order chi connectivity index (χ1) is 14.0. The Labute approximate surface area is 168 Å². The van der Waals surface area contributed by atoms with Gasteiger partial charge in [-0.2, -0.15) is 15.4 Å². The Morgan fingerprint density at radius 1 is 1.14 bits per heavy atom. The van der Waals surface area contributed by atoms with Crippen molar-refractivity contribution in [1.82, 2.24) is 36.0 Å². The van der Waals surface area contributed by atoms with Gasteiger partial charge in [-0.05, 0) is 57.2 Å². The molecule has 9 nitrogen and oxygen atoms in total. The zero-order valence-electron chi connectivity index (χ0n) is 16.6. The minimum Gasteiger partial charge on any atom is -0.352 e. The molecule has 0 unspecified atom stereocenters. The molecule has 29 heavy (non-hydrogen) atoms. The summed E-state index contributed by atoms with van der Waals surface area (Å²) in [6.07, 6.45) is 3.07. The molecule has 0 saturated heterocycles. The number of imidazole rings is 1. The van der Waals surface area contributed by atoms with Crippen LogP contribution in [0.4, 0.5) is 0 Å². The number of rotatable bonds is 5. The van der Waals surface area contributed by atoms with Crippen LogP contribution >= 0.6 is 0 Å². The van der Waals surface area contributed by atoms with E-state index in [1.165, 1.54) is 0 Å². The van der Waals surface area contributed by atoms with Gasteiger partial charge in [-0.1, -0.05) is 6.07 Å². The number of amides is 2. The van der Waals surface area contributed by atoms with Crippen molar-refractivity contribution < 1.29 is 9.59 Å². The Bertz CT molecular complexity index is 1030. The van der Waals surface area contributed by atoms with Crippen molar-refractivity contribution >= 4 is 22.8 Å². The van der Waals surface area contributed by atoms with Gasteiger partial charge in [-0.3, -0.25) is 9.59 Å². The van der Waals surface area contributed by atoms with E-state index in [1.54, 1.807) is 6.92 Å². The Balaban J connectivity index is 1.25. The highest BCUT2D eigenvalue weighted by atomic mass is 16.2. The molecule has 1 aliphatic rings. The highest BCUT2D eigenvalue weighted by Gasteiger charge is 2.28. The molecule has 0 bridgehead atoms. The second kappa shape index (κ2) is 8.02. The Morgan fingerprint density at radius 2 is 1.93 bits per heavy atom. The molecule has 1 saturated carbocycles. The number of carbonyl (C=O) groups excluding carboxylic acids is 2. The number of aryl methyl sites for hydroxylation is 2. The number of H-pyrrole nitrogens is 2. The molecule has 1 aliphatic carbocycles. The van der Waals surface area contributed by atoms with Crippen molar-refractivity contribution in [1.29, 1.82) is 0 Å². The van der Waals surface area contributed by atoms with E-state index >= 15 is 0 Å². The molecule has 152 valence electrons. The Hall–Kier alpha value is -3.23. The van der Waals surface area contributed by atoms with E-state index in [2.05, 4.69) is 36.0 Å². The highest BCUT2D eigenvalue weighted by molar-refractivity contribution is 5.93. The summed E-state index contributed by atoms with van der Waals surface area (Å²) in [5, 5.41) is 16.2. The molecule has 1 fully saturated rings. The van der Waals surface area contributed by atoms with Crippen LogP contribution < -0.4 is 10.6 Å². The monoisotopic (exact) mass is 395 g/mol. The van der Waals surface area contributed by atoms with E-state index < -0.39 is 0 Å². The summed E-state index contributed by atoms with van der Waals surface area (Å²) in [5.41, 5.74) is 3.86. The summed E-state index contributed by atoms with van der Waals surface area (Å²) in [7, 11) is 0. The topological polar surface area (TPSA) is 128 Å². The SMILES string of the molecule is Cc1nc2ccc(CNC(=O)C3CCC(NC(=O)c4n[nH]nc4C)CC3)cc2[nH]1. The maximum absolute atomic E-state index is 12.6. The molecule has 1 aromatic carbocycles. The summed E-state index contributed by atoms with van der Waals surface area (Å²) in [6, 6.07) is 6.04. The van der Waals surface area contributed by atoms with Gasteiger partial charge < -0.3 is 15.6 Å². The zero-order chi connectivity index (χ0) is 20.4. The van der Waals surface area contributed by atoms with E-state index in [0.717, 1.165) is 48.1 Å². The van der Waals surface area contributed by atoms with Gasteiger partial charge in [0, 0.05) is 18.5 Å². The van der Waals surface area contributed by atoms with Crippen molar-refractivity contribution in [3.8, 4) is 0 Å². The fourth-order valence-corrected chi connectivity index (χ4v) is 3.88. The number of aromatic nitrogens is 5. The third kappa shape index (κ3) is 4.28. The smallest absolute Gasteiger partial charge is 0.273 e. The summed E-state index contributed by atoms with van der Waals surface area (Å²) in [4.78, 5) is 32.4. The fourth-order valence-electron chi connectivity index (χ4n) is 3.88. The second-order valence-corrected chi connectivity index (χ2v) is 7.67. The third-order valence-corrected chi connectivity index (χ3v) is 5.50. The van der Waals surface area contributed by atoms with Gasteiger partial charge in [-0.15, -0.1) is 0 Å². The molecule has 2 aromatic heterocycles. The first-order valence-corrected chi connectivity index (χ1v) is 9.91. The number of benzene rings is 1. The van der Waals surface area contributed by atoms with Gasteiger partial charge in [-0.25, -0.2) is 4.98 Å². The summed E-state index contributed by atoms with van der Waals surface area (Å²) < 4.78 is 0. The van der Waals surface area contributed by atoms with E-state index in [4.69, 9.17) is 0 Å². The molecule has 9 heteroatoms. The van der Waals surface area contributed by atoms with E-state index in [-0.39, 0.29) is 23.8 Å². The van der Waals surface area contributed by atoms with Crippen molar-refractivity contribution in [3.63, 3.8) is 0 Å². The number of nitrogens with zero attached hydrogens (tertiary/aromatic N) is 3. The predicted molar refractivity (Wildman–Crippen MR) is 107 cm³/mol. The number of fused-ring (bicyclic) bond motifs is 1. The number of nitrogens with one attached hydrogen (secondary N) is 4. The predicted octanol–water partition coefficient (Wildman–Crippen LogP) is 1.90. The van der Waals surface area contributed by atoms with Crippen molar-refractivity contribution in [2.24, 2.45) is 5.92 Å². The van der Waals surface area contributed by atoms with Crippen LogP contribution in [0.2, 0.25) is 0 Å². The van der Waals surface area contributed by atoms with Crippen LogP contribution in [-0.2, 0) is 11.3 Å². The van der Waals surface area contributed by atoms with E-state index in [1.807, 2.05) is 25.1 Å². The lowest BCUT2D eigenvalue weighted by Gasteiger charge is -2.28. The molecule has 2 heterocycles. The molecule has 0 atom stereocenters. The van der Waals surface area contributed by atoms with Crippen LogP contribution in [0.5, 0.6) is 0 Å². The van der Waals surface area contributed by atoms with Gasteiger partial charge in [0.1, 0.15) is 5.82 Å². The first kappa shape index (κ1) is 19.1. The first-order valence-electron chi connectivity index (χ1n) is 9.91. The quantitative estimate of drug-likeness (QED) is 0.524. The van der Waals surface area contributed by atoms with Gasteiger partial charge in [0.25, 0.3) is 5.91 Å². The lowest BCUT2D eigenvalue weighted by Crippen LogP contribution is -2.41. The van der Waals surface area contributed by atoms with Gasteiger partial charge >= 0.3 is 0 Å². The summed E-state index contributed by atoms with van der Waals surface area (Å²) >= 11 is 0. The van der Waals surface area contributed by atoms with Crippen molar-refractivity contribution in [2.45, 2.75) is 52.1 Å². The van der Waals surface area contributed by atoms with Gasteiger partial charge in [0.2, 0.25) is 5.91 Å². The maximum Gasteiger partial charge on any atom is 0.273 e. The minimum atomic E-state index is -0.214. The number of hydrogen-bond acceptors (Lipinski definition) is 5. The average Bonchev–Trinajstić information content (AvgIpc) is 3.30. The lowest BCUT2D eigenvalue weighted by atomic mass is 9.85. The summed E-state index contributed by atoms with van der Waals surface area (Å²) in [6.45, 7) is 4.16. The largest absolute Gasteiger partial charge is 0.352 e. The highest BCUT2D eigenvalue weighted by Crippen LogP contribution is 2.25. The maximum atomic E-state index is 12.6. The lowest BCUT2D eigenvalue weighted by molar-refractivity contribution is -0.126. The van der Waals surface area contributed by atoms with Crippen LogP contribution in [0.3, 0.4) is 0 Å². The Morgan fingerprint density at radius 3 is 2.66 bits per heavy atom. The van der Waals surface area contributed by atoms with E-state index in [9.17, 15) is 9.59 Å². The molecule has 0 radical (unpaired) electrons. The minimum absolute atomic E-state index is 0.0185. The third-order valence-electron chi connectivity index (χ3n) is 5.50. The summed E-state index contributed by atoms with van der Waals surface area (Å²) in [5.74, 6) is 0.718. The molecule has 0 spiro atoms. The molecule has 4 rings (SSSR count). The van der Waals surface area contributed by atoms with Crippen molar-refractivity contribution in [2.75, 3.05) is 0 Å². The fraction of sp³-hybridized carbons (Fsp3) is 0.450. The standard InChI is InChI=1S/C20H25N7O2/c1-11-18(26-27-25-11)20(29)24-15-6-4-14(5-7-15)19(28)21-10-13-3-8-16-17(9-13)23-12(2)22-16/h3,8-9,14-15H,4-7,10H2,1-2H3,(H,21,28)(H,22,23)(H,24,29)(H,25,26,27). The molecule has 3 aromatic rings. The van der Waals surface area contributed by atoms with Crippen LogP contribution in [0.1, 0.15) is 53.3 Å².